The van der Waals surface area contributed by atoms with E-state index in [9.17, 15) is 14.4 Å². The lowest BCUT2D eigenvalue weighted by molar-refractivity contribution is -0.142. The van der Waals surface area contributed by atoms with Gasteiger partial charge in [-0.3, -0.25) is 19.7 Å². The molecular weight excluding hydrogens is 416 g/mol. The summed E-state index contributed by atoms with van der Waals surface area (Å²) >= 11 is 2.41. The first-order chi connectivity index (χ1) is 14.0. The molecule has 10 nitrogen and oxygen atoms in total. The monoisotopic (exact) mass is 432 g/mol. The molecule has 0 bridgehead atoms. The van der Waals surface area contributed by atoms with Crippen molar-refractivity contribution in [2.75, 3.05) is 17.2 Å². The molecule has 0 unspecified atom stereocenters. The predicted octanol–water partition coefficient (Wildman–Crippen LogP) is 1.93. The highest BCUT2D eigenvalue weighted by Crippen LogP contribution is 2.19. The zero-order valence-corrected chi connectivity index (χ0v) is 16.9. The summed E-state index contributed by atoms with van der Waals surface area (Å²) in [4.78, 5) is 51.8. The lowest BCUT2D eigenvalue weighted by atomic mass is 10.3. The molecule has 0 radical (unpaired) electrons. The quantitative estimate of drug-likeness (QED) is 0.515. The molecule has 0 saturated carbocycles. The van der Waals surface area contributed by atoms with E-state index in [4.69, 9.17) is 4.74 Å². The zero-order chi connectivity index (χ0) is 20.6. The van der Waals surface area contributed by atoms with E-state index in [0.717, 1.165) is 0 Å². The van der Waals surface area contributed by atoms with Crippen molar-refractivity contribution in [2.24, 2.45) is 0 Å². The number of rotatable bonds is 8. The molecule has 3 aromatic rings. The Bertz CT molecular complexity index is 1000. The minimum atomic E-state index is -0.479. The standard InChI is InChI=1S/C17H16N6O4S2/c1-2-27-13(25)7-11-9-28-16(21-11)22-12(24)6-10-8-29-17(20-10)23-15(26)14-18-4-3-5-19-14/h3-5,8-9H,2,6-7H2,1H3,(H,20,23,26)(H,21,22,24). The van der Waals surface area contributed by atoms with Crippen molar-refractivity contribution in [3.8, 4) is 0 Å². The van der Waals surface area contributed by atoms with E-state index in [2.05, 4.69) is 30.6 Å². The third-order valence-electron chi connectivity index (χ3n) is 3.31. The number of anilines is 2. The molecule has 2 N–H and O–H groups in total. The second kappa shape index (κ2) is 9.80. The summed E-state index contributed by atoms with van der Waals surface area (Å²) < 4.78 is 4.87. The first-order valence-corrected chi connectivity index (χ1v) is 10.2. The van der Waals surface area contributed by atoms with Gasteiger partial charge < -0.3 is 10.1 Å². The Kier molecular flexibility index (Phi) is 6.92. The topological polar surface area (TPSA) is 136 Å². The molecule has 2 amide bonds. The molecule has 0 aliphatic heterocycles. The summed E-state index contributed by atoms with van der Waals surface area (Å²) in [5.74, 6) is -1.12. The SMILES string of the molecule is CCOC(=O)Cc1csc(NC(=O)Cc2csc(NC(=O)c3ncccn3)n2)n1. The van der Waals surface area contributed by atoms with Crippen LogP contribution in [0.4, 0.5) is 10.3 Å². The molecular formula is C17H16N6O4S2. The molecule has 12 heteroatoms. The minimum Gasteiger partial charge on any atom is -0.466 e. The van der Waals surface area contributed by atoms with Crippen LogP contribution >= 0.6 is 22.7 Å². The van der Waals surface area contributed by atoms with Gasteiger partial charge >= 0.3 is 5.97 Å². The van der Waals surface area contributed by atoms with Gasteiger partial charge in [-0.1, -0.05) is 0 Å². The summed E-state index contributed by atoms with van der Waals surface area (Å²) in [6, 6.07) is 1.61. The number of hydrogen-bond acceptors (Lipinski definition) is 10. The van der Waals surface area contributed by atoms with Crippen molar-refractivity contribution in [1.29, 1.82) is 0 Å². The maximum Gasteiger partial charge on any atom is 0.311 e. The van der Waals surface area contributed by atoms with Gasteiger partial charge in [0.15, 0.2) is 10.3 Å². The number of hydrogen-bond donors (Lipinski definition) is 2. The third-order valence-corrected chi connectivity index (χ3v) is 4.92. The molecule has 0 spiro atoms. The molecule has 3 rings (SSSR count). The fourth-order valence-corrected chi connectivity index (χ4v) is 3.58. The van der Waals surface area contributed by atoms with Crippen LogP contribution in [0, 0.1) is 0 Å². The van der Waals surface area contributed by atoms with E-state index in [1.54, 1.807) is 23.8 Å². The van der Waals surface area contributed by atoms with Crippen LogP contribution in [0.2, 0.25) is 0 Å². The highest BCUT2D eigenvalue weighted by Gasteiger charge is 2.14. The summed E-state index contributed by atoms with van der Waals surface area (Å²) in [7, 11) is 0. The molecule has 0 aliphatic rings. The normalized spacial score (nSPS) is 10.4. The maximum absolute atomic E-state index is 12.2. The maximum atomic E-state index is 12.2. The molecule has 29 heavy (non-hydrogen) atoms. The van der Waals surface area contributed by atoms with Gasteiger partial charge in [0.2, 0.25) is 11.7 Å². The largest absolute Gasteiger partial charge is 0.466 e. The summed E-state index contributed by atoms with van der Waals surface area (Å²) in [5.41, 5.74) is 1.03. The van der Waals surface area contributed by atoms with Crippen LogP contribution in [0.3, 0.4) is 0 Å². The molecule has 0 fully saturated rings. The number of carbonyl (C=O) groups excluding carboxylic acids is 3. The van der Waals surface area contributed by atoms with Crippen LogP contribution in [-0.4, -0.2) is 44.3 Å². The van der Waals surface area contributed by atoms with E-state index in [-0.39, 0.29) is 30.5 Å². The fraction of sp³-hybridized carbons (Fsp3) is 0.235. The van der Waals surface area contributed by atoms with Crippen molar-refractivity contribution in [1.82, 2.24) is 19.9 Å². The van der Waals surface area contributed by atoms with Gasteiger partial charge in [-0.2, -0.15) is 0 Å². The average molecular weight is 432 g/mol. The molecule has 0 atom stereocenters. The number of esters is 1. The number of nitrogens with one attached hydrogen (secondary N) is 2. The Balaban J connectivity index is 1.51. The Morgan fingerprint density at radius 2 is 1.59 bits per heavy atom. The van der Waals surface area contributed by atoms with Crippen molar-refractivity contribution in [3.05, 3.63) is 46.4 Å². The summed E-state index contributed by atoms with van der Waals surface area (Å²) in [6.45, 7) is 2.04. The zero-order valence-electron chi connectivity index (χ0n) is 15.2. The Morgan fingerprint density at radius 3 is 2.24 bits per heavy atom. The second-order valence-electron chi connectivity index (χ2n) is 5.52. The predicted molar refractivity (Wildman–Crippen MR) is 107 cm³/mol. The first-order valence-electron chi connectivity index (χ1n) is 8.46. The van der Waals surface area contributed by atoms with Gasteiger partial charge in [0.1, 0.15) is 0 Å². The van der Waals surface area contributed by atoms with Crippen LogP contribution in [0.15, 0.2) is 29.2 Å². The van der Waals surface area contributed by atoms with Gasteiger partial charge in [-0.15, -0.1) is 22.7 Å². The van der Waals surface area contributed by atoms with E-state index >= 15 is 0 Å². The smallest absolute Gasteiger partial charge is 0.311 e. The highest BCUT2D eigenvalue weighted by atomic mass is 32.1. The van der Waals surface area contributed by atoms with E-state index in [1.165, 1.54) is 35.1 Å². The number of aromatic nitrogens is 4. The summed E-state index contributed by atoms with van der Waals surface area (Å²) in [6.07, 6.45) is 3.01. The van der Waals surface area contributed by atoms with Gasteiger partial charge in [0.05, 0.1) is 30.8 Å². The lowest BCUT2D eigenvalue weighted by Gasteiger charge is -2.00. The first kappa shape index (κ1) is 20.5. The number of carbonyl (C=O) groups is 3. The molecule has 0 aliphatic carbocycles. The number of thiazole rings is 2. The molecule has 3 heterocycles. The van der Waals surface area contributed by atoms with Crippen molar-refractivity contribution < 1.29 is 19.1 Å². The van der Waals surface area contributed by atoms with E-state index in [1.807, 2.05) is 0 Å². The van der Waals surface area contributed by atoms with Crippen LogP contribution in [0.25, 0.3) is 0 Å². The van der Waals surface area contributed by atoms with Gasteiger partial charge in [-0.05, 0) is 13.0 Å². The van der Waals surface area contributed by atoms with Crippen molar-refractivity contribution in [3.63, 3.8) is 0 Å². The number of nitrogens with zero attached hydrogens (tertiary/aromatic N) is 4. The third kappa shape index (κ3) is 6.12. The van der Waals surface area contributed by atoms with Gasteiger partial charge in [0, 0.05) is 23.2 Å². The molecule has 3 aromatic heterocycles. The lowest BCUT2D eigenvalue weighted by Crippen LogP contribution is -2.16. The molecule has 0 saturated heterocycles. The fourth-order valence-electron chi connectivity index (χ4n) is 2.15. The summed E-state index contributed by atoms with van der Waals surface area (Å²) in [5, 5.41) is 9.35. The van der Waals surface area contributed by atoms with Crippen LogP contribution in [0.5, 0.6) is 0 Å². The van der Waals surface area contributed by atoms with Crippen molar-refractivity contribution >= 4 is 50.7 Å². The van der Waals surface area contributed by atoms with Gasteiger partial charge in [-0.25, -0.2) is 19.9 Å². The minimum absolute atomic E-state index is 0.0149. The molecule has 0 aromatic carbocycles. The molecule has 150 valence electrons. The Hall–Kier alpha value is -3.25. The Morgan fingerprint density at radius 1 is 0.966 bits per heavy atom. The van der Waals surface area contributed by atoms with Crippen LogP contribution < -0.4 is 10.6 Å². The Labute approximate surface area is 173 Å². The average Bonchev–Trinajstić information content (AvgIpc) is 3.32. The van der Waals surface area contributed by atoms with Crippen LogP contribution in [0.1, 0.15) is 28.9 Å². The van der Waals surface area contributed by atoms with Crippen LogP contribution in [-0.2, 0) is 27.2 Å². The number of amides is 2. The number of ether oxygens (including phenoxy) is 1. The van der Waals surface area contributed by atoms with E-state index in [0.29, 0.717) is 28.3 Å². The van der Waals surface area contributed by atoms with Gasteiger partial charge in [0.25, 0.3) is 5.91 Å². The highest BCUT2D eigenvalue weighted by molar-refractivity contribution is 7.14. The second-order valence-corrected chi connectivity index (χ2v) is 7.24. The van der Waals surface area contributed by atoms with E-state index < -0.39 is 5.91 Å². The van der Waals surface area contributed by atoms with Crippen molar-refractivity contribution in [2.45, 2.75) is 19.8 Å².